The monoisotopic (exact) mass is 370 g/mol. The third-order valence-electron chi connectivity index (χ3n) is 3.08. The summed E-state index contributed by atoms with van der Waals surface area (Å²) in [6.45, 7) is 3.83. The summed E-state index contributed by atoms with van der Waals surface area (Å²) < 4.78 is 21.7. The number of aliphatic carboxylic acids is 1. The van der Waals surface area contributed by atoms with E-state index in [-0.39, 0.29) is 24.7 Å². The highest BCUT2D eigenvalue weighted by atomic mass is 32.2. The number of primary sulfonamides is 1. The third-order valence-corrected chi connectivity index (χ3v) is 3.85. The van der Waals surface area contributed by atoms with E-state index in [0.717, 1.165) is 5.56 Å². The Bertz CT molecular complexity index is 706. The van der Waals surface area contributed by atoms with Crippen molar-refractivity contribution in [1.29, 1.82) is 0 Å². The van der Waals surface area contributed by atoms with Crippen molar-refractivity contribution >= 4 is 21.9 Å². The number of hydrogen-bond donors (Lipinski definition) is 5. The quantitative estimate of drug-likeness (QED) is 0.338. The summed E-state index contributed by atoms with van der Waals surface area (Å²) in [6.07, 6.45) is -0.462. The number of benzene rings is 1. The van der Waals surface area contributed by atoms with E-state index in [1.54, 1.807) is 0 Å². The molecule has 0 heterocycles. The average Bonchev–Trinajstić information content (AvgIpc) is 2.51. The van der Waals surface area contributed by atoms with Crippen molar-refractivity contribution in [3.05, 3.63) is 48.3 Å². The SMILES string of the molecule is C=C(NCCS(N)(=O)=O)NC(CC(=O)O)C(=O)NCc1ccccc1. The summed E-state index contributed by atoms with van der Waals surface area (Å²) in [5.41, 5.74) is 0.870. The molecular formula is C15H22N4O5S. The minimum atomic E-state index is -3.63. The minimum Gasteiger partial charge on any atom is -0.481 e. The van der Waals surface area contributed by atoms with Crippen LogP contribution in [0.1, 0.15) is 12.0 Å². The number of carbonyl (C=O) groups excluding carboxylic acids is 1. The molecular weight excluding hydrogens is 348 g/mol. The fraction of sp³-hybridized carbons (Fsp3) is 0.333. The van der Waals surface area contributed by atoms with Crippen molar-refractivity contribution in [2.45, 2.75) is 19.0 Å². The molecule has 0 radical (unpaired) electrons. The molecule has 138 valence electrons. The van der Waals surface area contributed by atoms with Crippen LogP contribution in [0.15, 0.2) is 42.7 Å². The third kappa shape index (κ3) is 9.33. The molecule has 6 N–H and O–H groups in total. The molecule has 0 spiro atoms. The second kappa shape index (κ2) is 9.64. The summed E-state index contributed by atoms with van der Waals surface area (Å²) in [7, 11) is -3.63. The Hall–Kier alpha value is -2.59. The van der Waals surface area contributed by atoms with E-state index in [2.05, 4.69) is 22.5 Å². The first-order valence-corrected chi connectivity index (χ1v) is 9.12. The van der Waals surface area contributed by atoms with Gasteiger partial charge < -0.3 is 21.1 Å². The first kappa shape index (κ1) is 20.5. The minimum absolute atomic E-state index is 0.0178. The van der Waals surface area contributed by atoms with Crippen LogP contribution in [0, 0.1) is 0 Å². The van der Waals surface area contributed by atoms with Gasteiger partial charge >= 0.3 is 5.97 Å². The maximum atomic E-state index is 12.2. The molecule has 0 aliphatic heterocycles. The van der Waals surface area contributed by atoms with Gasteiger partial charge in [-0.1, -0.05) is 36.9 Å². The molecule has 25 heavy (non-hydrogen) atoms. The lowest BCUT2D eigenvalue weighted by molar-refractivity contribution is -0.139. The molecule has 1 atom stereocenters. The largest absolute Gasteiger partial charge is 0.481 e. The van der Waals surface area contributed by atoms with Crippen molar-refractivity contribution in [3.63, 3.8) is 0 Å². The molecule has 0 saturated carbocycles. The highest BCUT2D eigenvalue weighted by Gasteiger charge is 2.21. The second-order valence-corrected chi connectivity index (χ2v) is 7.00. The lowest BCUT2D eigenvalue weighted by atomic mass is 10.1. The van der Waals surface area contributed by atoms with Crippen LogP contribution in [0.3, 0.4) is 0 Å². The van der Waals surface area contributed by atoms with Crippen LogP contribution in [0.5, 0.6) is 0 Å². The van der Waals surface area contributed by atoms with Gasteiger partial charge in [0, 0.05) is 13.1 Å². The smallest absolute Gasteiger partial charge is 0.305 e. The molecule has 10 heteroatoms. The highest BCUT2D eigenvalue weighted by molar-refractivity contribution is 7.89. The van der Waals surface area contributed by atoms with Gasteiger partial charge in [0.25, 0.3) is 0 Å². The van der Waals surface area contributed by atoms with Gasteiger partial charge in [0.2, 0.25) is 15.9 Å². The van der Waals surface area contributed by atoms with E-state index in [0.29, 0.717) is 0 Å². The Morgan fingerprint density at radius 2 is 1.84 bits per heavy atom. The van der Waals surface area contributed by atoms with Crippen molar-refractivity contribution in [1.82, 2.24) is 16.0 Å². The number of amides is 1. The maximum Gasteiger partial charge on any atom is 0.305 e. The lowest BCUT2D eigenvalue weighted by Crippen LogP contribution is -2.47. The molecule has 0 aliphatic rings. The zero-order valence-corrected chi connectivity index (χ0v) is 14.4. The highest BCUT2D eigenvalue weighted by Crippen LogP contribution is 2.00. The number of rotatable bonds is 11. The average molecular weight is 370 g/mol. The topological polar surface area (TPSA) is 151 Å². The molecule has 1 aromatic carbocycles. The van der Waals surface area contributed by atoms with Crippen LogP contribution in [-0.4, -0.2) is 43.7 Å². The van der Waals surface area contributed by atoms with Gasteiger partial charge in [0.1, 0.15) is 6.04 Å². The lowest BCUT2D eigenvalue weighted by Gasteiger charge is -2.20. The second-order valence-electron chi connectivity index (χ2n) is 5.27. The number of carbonyl (C=O) groups is 2. The molecule has 0 saturated heterocycles. The summed E-state index contributed by atoms with van der Waals surface area (Å²) in [5, 5.41) is 21.7. The van der Waals surface area contributed by atoms with Crippen molar-refractivity contribution < 1.29 is 23.1 Å². The molecule has 1 amide bonds. The number of nitrogens with two attached hydrogens (primary N) is 1. The van der Waals surface area contributed by atoms with E-state index in [9.17, 15) is 18.0 Å². The zero-order valence-electron chi connectivity index (χ0n) is 13.6. The molecule has 1 unspecified atom stereocenters. The normalized spacial score (nSPS) is 12.0. The summed E-state index contributed by atoms with van der Waals surface area (Å²) in [4.78, 5) is 23.1. The molecule has 9 nitrogen and oxygen atoms in total. The van der Waals surface area contributed by atoms with Crippen LogP contribution in [0.2, 0.25) is 0 Å². The molecule has 1 rings (SSSR count). The van der Waals surface area contributed by atoms with Gasteiger partial charge in [-0.15, -0.1) is 0 Å². The van der Waals surface area contributed by atoms with Crippen molar-refractivity contribution in [3.8, 4) is 0 Å². The molecule has 0 fully saturated rings. The van der Waals surface area contributed by atoms with E-state index in [4.69, 9.17) is 10.2 Å². The molecule has 0 aliphatic carbocycles. The first-order valence-electron chi connectivity index (χ1n) is 7.40. The Balaban J connectivity index is 2.55. The van der Waals surface area contributed by atoms with Crippen LogP contribution >= 0.6 is 0 Å². The van der Waals surface area contributed by atoms with E-state index >= 15 is 0 Å². The van der Waals surface area contributed by atoms with Gasteiger partial charge in [0.05, 0.1) is 18.0 Å². The maximum absolute atomic E-state index is 12.2. The standard InChI is InChI=1S/C15H22N4O5S/c1-11(17-7-8-25(16,23)24)19-13(9-14(20)21)15(22)18-10-12-5-3-2-4-6-12/h2-6,13,17,19H,1,7-10H2,(H,18,22)(H,20,21)(H2,16,23,24). The van der Waals surface area contributed by atoms with Gasteiger partial charge in [0.15, 0.2) is 0 Å². The van der Waals surface area contributed by atoms with Crippen LogP contribution < -0.4 is 21.1 Å². The van der Waals surface area contributed by atoms with E-state index < -0.39 is 34.4 Å². The molecule has 0 bridgehead atoms. The van der Waals surface area contributed by atoms with Gasteiger partial charge in [-0.3, -0.25) is 9.59 Å². The van der Waals surface area contributed by atoms with Gasteiger partial charge in [-0.25, -0.2) is 13.6 Å². The van der Waals surface area contributed by atoms with Crippen LogP contribution in [-0.2, 0) is 26.2 Å². The van der Waals surface area contributed by atoms with E-state index in [1.165, 1.54) is 0 Å². The molecule has 0 aromatic heterocycles. The van der Waals surface area contributed by atoms with Gasteiger partial charge in [-0.05, 0) is 5.56 Å². The summed E-state index contributed by atoms with van der Waals surface area (Å²) in [6, 6.07) is 8.09. The van der Waals surface area contributed by atoms with Crippen molar-refractivity contribution in [2.75, 3.05) is 12.3 Å². The Labute approximate surface area is 146 Å². The van der Waals surface area contributed by atoms with Crippen molar-refractivity contribution in [2.24, 2.45) is 5.14 Å². The molecule has 1 aromatic rings. The van der Waals surface area contributed by atoms with Crippen LogP contribution in [0.4, 0.5) is 0 Å². The zero-order chi connectivity index (χ0) is 18.9. The van der Waals surface area contributed by atoms with Crippen LogP contribution in [0.25, 0.3) is 0 Å². The fourth-order valence-electron chi connectivity index (χ4n) is 1.90. The number of hydrogen-bond acceptors (Lipinski definition) is 6. The number of carboxylic acids is 1. The summed E-state index contributed by atoms with van der Waals surface area (Å²) in [5.74, 6) is -1.87. The number of sulfonamides is 1. The number of nitrogens with one attached hydrogen (secondary N) is 3. The Morgan fingerprint density at radius 1 is 1.20 bits per heavy atom. The number of carboxylic acid groups (broad SMARTS) is 1. The Kier molecular flexibility index (Phi) is 7.89. The fourth-order valence-corrected chi connectivity index (χ4v) is 2.28. The predicted molar refractivity (Wildman–Crippen MR) is 92.6 cm³/mol. The Morgan fingerprint density at radius 3 is 2.40 bits per heavy atom. The van der Waals surface area contributed by atoms with E-state index in [1.807, 2.05) is 30.3 Å². The first-order chi connectivity index (χ1) is 11.7. The van der Waals surface area contributed by atoms with Gasteiger partial charge in [-0.2, -0.15) is 0 Å². The summed E-state index contributed by atoms with van der Waals surface area (Å²) >= 11 is 0. The predicted octanol–water partition coefficient (Wildman–Crippen LogP) is -0.915.